The van der Waals surface area contributed by atoms with E-state index >= 15 is 0 Å². The molecular formula is C12H10O4. The van der Waals surface area contributed by atoms with Crippen molar-refractivity contribution in [3.63, 3.8) is 0 Å². The average Bonchev–Trinajstić information content (AvgIpc) is 2.27. The number of benzene rings is 1. The molecule has 0 radical (unpaired) electrons. The van der Waals surface area contributed by atoms with Crippen LogP contribution in [-0.4, -0.2) is 11.1 Å². The number of fused-ring (bicyclic) bond motifs is 1. The molecule has 0 spiro atoms. The normalized spacial score (nSPS) is 12.6. The van der Waals surface area contributed by atoms with Crippen LogP contribution in [0.25, 0.3) is 11.0 Å². The molecule has 0 bridgehead atoms. The summed E-state index contributed by atoms with van der Waals surface area (Å²) >= 11 is 0. The minimum absolute atomic E-state index is 0.352. The van der Waals surface area contributed by atoms with E-state index in [0.717, 1.165) is 5.39 Å². The molecule has 1 atom stereocenters. The van der Waals surface area contributed by atoms with Crippen LogP contribution in [0.4, 0.5) is 0 Å². The van der Waals surface area contributed by atoms with Crippen molar-refractivity contribution in [3.05, 3.63) is 46.3 Å². The van der Waals surface area contributed by atoms with Gasteiger partial charge in [-0.3, -0.25) is 4.79 Å². The largest absolute Gasteiger partial charge is 0.481 e. The fraction of sp³-hybridized carbons (Fsp3) is 0.167. The Morgan fingerprint density at radius 1 is 1.31 bits per heavy atom. The van der Waals surface area contributed by atoms with Gasteiger partial charge in [0.1, 0.15) is 5.58 Å². The Labute approximate surface area is 91.1 Å². The Morgan fingerprint density at radius 2 is 2.06 bits per heavy atom. The highest BCUT2D eigenvalue weighted by Gasteiger charge is 2.17. The van der Waals surface area contributed by atoms with E-state index in [4.69, 9.17) is 9.52 Å². The summed E-state index contributed by atoms with van der Waals surface area (Å²) < 4.78 is 5.05. The number of aliphatic carboxylic acids is 1. The summed E-state index contributed by atoms with van der Waals surface area (Å²) in [6.07, 6.45) is 0. The summed E-state index contributed by atoms with van der Waals surface area (Å²) in [6, 6.07) is 8.12. The van der Waals surface area contributed by atoms with Gasteiger partial charge < -0.3 is 9.52 Å². The van der Waals surface area contributed by atoms with Crippen molar-refractivity contribution >= 4 is 16.9 Å². The van der Waals surface area contributed by atoms with Crippen LogP contribution in [0.3, 0.4) is 0 Å². The number of hydrogen-bond acceptors (Lipinski definition) is 3. The van der Waals surface area contributed by atoms with E-state index in [-0.39, 0.29) is 0 Å². The standard InChI is InChI=1S/C12H10O4/c1-7(12(14)15)9-4-2-3-8-5-6-10(13)16-11(8)9/h2-7H,1H3,(H,14,15). The first-order valence-corrected chi connectivity index (χ1v) is 4.85. The number of hydrogen-bond donors (Lipinski definition) is 1. The Kier molecular flexibility index (Phi) is 2.48. The molecule has 4 nitrogen and oxygen atoms in total. The average molecular weight is 218 g/mol. The molecule has 0 aliphatic heterocycles. The second kappa shape index (κ2) is 3.81. The highest BCUT2D eigenvalue weighted by molar-refractivity contribution is 5.86. The van der Waals surface area contributed by atoms with Crippen molar-refractivity contribution < 1.29 is 14.3 Å². The Hall–Kier alpha value is -2.10. The molecule has 2 aromatic rings. The van der Waals surface area contributed by atoms with E-state index in [1.807, 2.05) is 0 Å². The Bertz CT molecular complexity index is 597. The predicted octanol–water partition coefficient (Wildman–Crippen LogP) is 1.98. The van der Waals surface area contributed by atoms with Crippen LogP contribution in [0.1, 0.15) is 18.4 Å². The molecule has 1 aromatic heterocycles. The Morgan fingerprint density at radius 3 is 2.75 bits per heavy atom. The summed E-state index contributed by atoms with van der Waals surface area (Å²) in [4.78, 5) is 22.0. The third-order valence-corrected chi connectivity index (χ3v) is 2.51. The predicted molar refractivity (Wildman–Crippen MR) is 58.5 cm³/mol. The SMILES string of the molecule is CC(C(=O)O)c1cccc2ccc(=O)oc12. The fourth-order valence-corrected chi connectivity index (χ4v) is 1.59. The number of carbonyl (C=O) groups is 1. The molecule has 0 fully saturated rings. The van der Waals surface area contributed by atoms with Crippen LogP contribution < -0.4 is 5.63 Å². The van der Waals surface area contributed by atoms with Crippen LogP contribution in [0.15, 0.2) is 39.5 Å². The van der Waals surface area contributed by atoms with Crippen LogP contribution in [0.2, 0.25) is 0 Å². The lowest BCUT2D eigenvalue weighted by atomic mass is 9.99. The zero-order valence-electron chi connectivity index (χ0n) is 8.64. The number of carboxylic acids is 1. The van der Waals surface area contributed by atoms with Gasteiger partial charge in [0.25, 0.3) is 0 Å². The van der Waals surface area contributed by atoms with E-state index in [2.05, 4.69) is 0 Å². The van der Waals surface area contributed by atoms with Gasteiger partial charge in [-0.05, 0) is 13.0 Å². The third kappa shape index (κ3) is 1.69. The lowest BCUT2D eigenvalue weighted by Crippen LogP contribution is -2.08. The lowest BCUT2D eigenvalue weighted by Gasteiger charge is -2.08. The summed E-state index contributed by atoms with van der Waals surface area (Å²) in [5, 5.41) is 9.67. The molecule has 0 saturated carbocycles. The fourth-order valence-electron chi connectivity index (χ4n) is 1.59. The van der Waals surface area contributed by atoms with E-state index in [0.29, 0.717) is 11.1 Å². The van der Waals surface area contributed by atoms with Crippen LogP contribution >= 0.6 is 0 Å². The minimum atomic E-state index is -0.945. The molecule has 0 saturated heterocycles. The highest BCUT2D eigenvalue weighted by atomic mass is 16.4. The molecule has 1 aromatic carbocycles. The monoisotopic (exact) mass is 218 g/mol. The minimum Gasteiger partial charge on any atom is -0.481 e. The van der Waals surface area contributed by atoms with Gasteiger partial charge in [0.2, 0.25) is 0 Å². The van der Waals surface area contributed by atoms with Crippen molar-refractivity contribution in [2.75, 3.05) is 0 Å². The van der Waals surface area contributed by atoms with Crippen LogP contribution in [-0.2, 0) is 4.79 Å². The first-order valence-electron chi connectivity index (χ1n) is 4.85. The van der Waals surface area contributed by atoms with Gasteiger partial charge in [0, 0.05) is 17.0 Å². The van der Waals surface area contributed by atoms with Gasteiger partial charge >= 0.3 is 11.6 Å². The Balaban J connectivity index is 2.74. The maximum absolute atomic E-state index is 11.1. The molecule has 0 aliphatic rings. The lowest BCUT2D eigenvalue weighted by molar-refractivity contribution is -0.138. The van der Waals surface area contributed by atoms with Gasteiger partial charge in [0.05, 0.1) is 5.92 Å². The van der Waals surface area contributed by atoms with Crippen molar-refractivity contribution in [2.24, 2.45) is 0 Å². The number of rotatable bonds is 2. The van der Waals surface area contributed by atoms with Crippen molar-refractivity contribution in [2.45, 2.75) is 12.8 Å². The maximum atomic E-state index is 11.1. The summed E-state index contributed by atoms with van der Waals surface area (Å²) in [5.41, 5.74) is 0.394. The first-order chi connectivity index (χ1) is 7.59. The smallest absolute Gasteiger partial charge is 0.336 e. The zero-order valence-corrected chi connectivity index (χ0v) is 8.64. The van der Waals surface area contributed by atoms with Crippen molar-refractivity contribution in [1.29, 1.82) is 0 Å². The molecule has 2 rings (SSSR count). The van der Waals surface area contributed by atoms with Gasteiger partial charge in [-0.2, -0.15) is 0 Å². The second-order valence-corrected chi connectivity index (χ2v) is 3.58. The maximum Gasteiger partial charge on any atom is 0.336 e. The van der Waals surface area contributed by atoms with Crippen LogP contribution in [0, 0.1) is 0 Å². The molecule has 1 N–H and O–H groups in total. The highest BCUT2D eigenvalue weighted by Crippen LogP contribution is 2.24. The summed E-state index contributed by atoms with van der Waals surface area (Å²) in [7, 11) is 0. The van der Waals surface area contributed by atoms with Crippen molar-refractivity contribution in [1.82, 2.24) is 0 Å². The van der Waals surface area contributed by atoms with Crippen molar-refractivity contribution in [3.8, 4) is 0 Å². The molecule has 82 valence electrons. The zero-order chi connectivity index (χ0) is 11.7. The molecule has 0 aliphatic carbocycles. The first kappa shape index (κ1) is 10.4. The molecule has 16 heavy (non-hydrogen) atoms. The number of carboxylic acid groups (broad SMARTS) is 1. The third-order valence-electron chi connectivity index (χ3n) is 2.51. The molecule has 0 amide bonds. The van der Waals surface area contributed by atoms with E-state index in [1.54, 1.807) is 31.2 Å². The topological polar surface area (TPSA) is 67.5 Å². The second-order valence-electron chi connectivity index (χ2n) is 3.58. The van der Waals surface area contributed by atoms with Gasteiger partial charge in [-0.25, -0.2) is 4.79 Å². The summed E-state index contributed by atoms with van der Waals surface area (Å²) in [6.45, 7) is 1.56. The number of para-hydroxylation sites is 1. The molecular weight excluding hydrogens is 208 g/mol. The van der Waals surface area contributed by atoms with E-state index in [1.165, 1.54) is 6.07 Å². The molecule has 4 heteroatoms. The quantitative estimate of drug-likeness (QED) is 0.782. The molecule has 1 unspecified atom stereocenters. The van der Waals surface area contributed by atoms with E-state index in [9.17, 15) is 9.59 Å². The van der Waals surface area contributed by atoms with Gasteiger partial charge in [0.15, 0.2) is 0 Å². The van der Waals surface area contributed by atoms with Gasteiger partial charge in [-0.1, -0.05) is 18.2 Å². The van der Waals surface area contributed by atoms with E-state index < -0.39 is 17.5 Å². The molecule has 1 heterocycles. The summed E-state index contributed by atoms with van der Waals surface area (Å²) in [5.74, 6) is -1.65. The van der Waals surface area contributed by atoms with Gasteiger partial charge in [-0.15, -0.1) is 0 Å². The van der Waals surface area contributed by atoms with Crippen LogP contribution in [0.5, 0.6) is 0 Å².